The molecule has 0 amide bonds. The lowest BCUT2D eigenvalue weighted by Crippen LogP contribution is -2.38. The number of ether oxygens (including phenoxy) is 1. The van der Waals surface area contributed by atoms with Crippen LogP contribution in [0, 0.1) is 5.41 Å². The lowest BCUT2D eigenvalue weighted by atomic mass is 9.93. The van der Waals surface area contributed by atoms with Gasteiger partial charge >= 0.3 is 0 Å². The van der Waals surface area contributed by atoms with Crippen LogP contribution in [0.1, 0.15) is 96.8 Å². The molecule has 0 rings (SSSR count). The van der Waals surface area contributed by atoms with Crippen LogP contribution in [-0.2, 0) is 4.74 Å². The Morgan fingerprint density at radius 3 is 1.28 bits per heavy atom. The van der Waals surface area contributed by atoms with E-state index in [1.807, 2.05) is 0 Å². The number of aliphatic hydroxyl groups excluding tert-OH is 3. The Morgan fingerprint density at radius 1 is 0.560 bits per heavy atom. The second kappa shape index (κ2) is 18.6. The molecule has 152 valence electrons. The van der Waals surface area contributed by atoms with E-state index in [1.54, 1.807) is 0 Å². The molecule has 0 unspecified atom stereocenters. The predicted molar refractivity (Wildman–Crippen MR) is 105 cm³/mol. The van der Waals surface area contributed by atoms with Gasteiger partial charge in [0.05, 0.1) is 31.8 Å². The number of aliphatic hydroxyl groups is 3. The van der Waals surface area contributed by atoms with E-state index in [1.165, 1.54) is 83.5 Å². The number of unbranched alkanes of at least 4 members (excludes halogenated alkanes) is 13. The molecule has 0 atom stereocenters. The van der Waals surface area contributed by atoms with Crippen LogP contribution in [0.5, 0.6) is 0 Å². The fourth-order valence-corrected chi connectivity index (χ4v) is 2.97. The van der Waals surface area contributed by atoms with E-state index in [9.17, 15) is 15.3 Å². The van der Waals surface area contributed by atoms with Gasteiger partial charge in [-0.3, -0.25) is 0 Å². The van der Waals surface area contributed by atoms with Gasteiger partial charge in [-0.15, -0.1) is 0 Å². The Kier molecular flexibility index (Phi) is 18.5. The highest BCUT2D eigenvalue weighted by molar-refractivity contribution is 4.76. The van der Waals surface area contributed by atoms with Crippen LogP contribution in [0.25, 0.3) is 0 Å². The molecule has 0 saturated carbocycles. The van der Waals surface area contributed by atoms with Crippen LogP contribution >= 0.6 is 0 Å². The SMILES string of the molecule is CCCCCCCCCCCCCCCCOCC(CO)(CO)CO. The molecular formula is C21H44O4. The molecule has 0 aliphatic rings. The van der Waals surface area contributed by atoms with Crippen molar-refractivity contribution in [3.63, 3.8) is 0 Å². The summed E-state index contributed by atoms with van der Waals surface area (Å²) in [5, 5.41) is 27.6. The van der Waals surface area contributed by atoms with Gasteiger partial charge in [-0.2, -0.15) is 0 Å². The van der Waals surface area contributed by atoms with E-state index >= 15 is 0 Å². The molecule has 4 heteroatoms. The Hall–Kier alpha value is -0.160. The molecule has 3 N–H and O–H groups in total. The molecule has 0 aliphatic heterocycles. The maximum Gasteiger partial charge on any atom is 0.0629 e. The van der Waals surface area contributed by atoms with Crippen LogP contribution in [0.4, 0.5) is 0 Å². The van der Waals surface area contributed by atoms with Gasteiger partial charge in [0.2, 0.25) is 0 Å². The van der Waals surface area contributed by atoms with Crippen molar-refractivity contribution in [3.05, 3.63) is 0 Å². The Labute approximate surface area is 156 Å². The summed E-state index contributed by atoms with van der Waals surface area (Å²) in [5.74, 6) is 0. The Bertz CT molecular complexity index is 246. The Balaban J connectivity index is 3.21. The molecule has 0 saturated heterocycles. The number of hydrogen-bond acceptors (Lipinski definition) is 4. The first-order valence-corrected chi connectivity index (χ1v) is 10.6. The summed E-state index contributed by atoms with van der Waals surface area (Å²) in [6.45, 7) is 2.37. The maximum absolute atomic E-state index is 9.20. The van der Waals surface area contributed by atoms with Crippen molar-refractivity contribution >= 4 is 0 Å². The van der Waals surface area contributed by atoms with Crippen molar-refractivity contribution < 1.29 is 20.1 Å². The van der Waals surface area contributed by atoms with Crippen molar-refractivity contribution in [2.75, 3.05) is 33.0 Å². The third kappa shape index (κ3) is 14.7. The Morgan fingerprint density at radius 2 is 0.920 bits per heavy atom. The van der Waals surface area contributed by atoms with Crippen LogP contribution in [0.2, 0.25) is 0 Å². The van der Waals surface area contributed by atoms with Gasteiger partial charge in [0.25, 0.3) is 0 Å². The molecule has 0 fully saturated rings. The molecule has 0 aromatic rings. The van der Waals surface area contributed by atoms with Crippen molar-refractivity contribution in [3.8, 4) is 0 Å². The molecule has 0 aromatic carbocycles. The van der Waals surface area contributed by atoms with Gasteiger partial charge in [0.1, 0.15) is 0 Å². The summed E-state index contributed by atoms with van der Waals surface area (Å²) in [4.78, 5) is 0. The smallest absolute Gasteiger partial charge is 0.0629 e. The van der Waals surface area contributed by atoms with Crippen LogP contribution < -0.4 is 0 Å². The van der Waals surface area contributed by atoms with E-state index in [4.69, 9.17) is 4.74 Å². The first-order valence-electron chi connectivity index (χ1n) is 10.6. The lowest BCUT2D eigenvalue weighted by Gasteiger charge is -2.26. The highest BCUT2D eigenvalue weighted by Crippen LogP contribution is 2.16. The van der Waals surface area contributed by atoms with Gasteiger partial charge in [0, 0.05) is 6.61 Å². The summed E-state index contributed by atoms with van der Waals surface area (Å²) in [6, 6.07) is 0. The molecule has 0 aromatic heterocycles. The number of hydrogen-bond donors (Lipinski definition) is 3. The molecule has 0 spiro atoms. The van der Waals surface area contributed by atoms with Gasteiger partial charge < -0.3 is 20.1 Å². The zero-order valence-corrected chi connectivity index (χ0v) is 16.7. The second-order valence-electron chi connectivity index (χ2n) is 7.62. The molecule has 0 radical (unpaired) electrons. The quantitative estimate of drug-likeness (QED) is 0.281. The zero-order valence-electron chi connectivity index (χ0n) is 16.7. The summed E-state index contributed by atoms with van der Waals surface area (Å²) >= 11 is 0. The van der Waals surface area contributed by atoms with Crippen molar-refractivity contribution in [1.29, 1.82) is 0 Å². The largest absolute Gasteiger partial charge is 0.396 e. The lowest BCUT2D eigenvalue weighted by molar-refractivity contribution is -0.0582. The van der Waals surface area contributed by atoms with Crippen LogP contribution in [0.3, 0.4) is 0 Å². The van der Waals surface area contributed by atoms with Crippen molar-refractivity contribution in [1.82, 2.24) is 0 Å². The fraction of sp³-hybridized carbons (Fsp3) is 1.00. The van der Waals surface area contributed by atoms with Crippen LogP contribution in [-0.4, -0.2) is 48.4 Å². The van der Waals surface area contributed by atoms with E-state index < -0.39 is 5.41 Å². The van der Waals surface area contributed by atoms with E-state index in [2.05, 4.69) is 6.92 Å². The molecule has 0 heterocycles. The highest BCUT2D eigenvalue weighted by Gasteiger charge is 2.28. The van der Waals surface area contributed by atoms with Crippen molar-refractivity contribution in [2.24, 2.45) is 5.41 Å². The fourth-order valence-electron chi connectivity index (χ4n) is 2.97. The third-order valence-electron chi connectivity index (χ3n) is 5.06. The van der Waals surface area contributed by atoms with E-state index in [0.29, 0.717) is 6.61 Å². The standard InChI is InChI=1S/C21H44O4/c1-2-3-4-5-6-7-8-9-10-11-12-13-14-15-16-25-20-21(17-22,18-23)19-24/h22-24H,2-20H2,1H3. The van der Waals surface area contributed by atoms with E-state index in [0.717, 1.165) is 6.42 Å². The summed E-state index contributed by atoms with van der Waals surface area (Å²) in [6.07, 6.45) is 18.7. The van der Waals surface area contributed by atoms with Gasteiger partial charge in [-0.1, -0.05) is 90.4 Å². The van der Waals surface area contributed by atoms with Crippen molar-refractivity contribution in [2.45, 2.75) is 96.8 Å². The second-order valence-corrected chi connectivity index (χ2v) is 7.62. The predicted octanol–water partition coefficient (Wildman–Crippen LogP) is 4.45. The molecule has 25 heavy (non-hydrogen) atoms. The van der Waals surface area contributed by atoms with Crippen LogP contribution in [0.15, 0.2) is 0 Å². The highest BCUT2D eigenvalue weighted by atomic mass is 16.5. The zero-order chi connectivity index (χ0) is 18.6. The third-order valence-corrected chi connectivity index (χ3v) is 5.06. The average molecular weight is 361 g/mol. The molecule has 0 bridgehead atoms. The first-order chi connectivity index (χ1) is 12.2. The summed E-state index contributed by atoms with van der Waals surface area (Å²) < 4.78 is 5.50. The normalized spacial score (nSPS) is 12.0. The minimum absolute atomic E-state index is 0.217. The maximum atomic E-state index is 9.20. The summed E-state index contributed by atoms with van der Waals surface area (Å²) in [5.41, 5.74) is -0.893. The van der Waals surface area contributed by atoms with Gasteiger partial charge in [0.15, 0.2) is 0 Å². The molecular weight excluding hydrogens is 316 g/mol. The minimum Gasteiger partial charge on any atom is -0.396 e. The minimum atomic E-state index is -0.893. The average Bonchev–Trinajstić information content (AvgIpc) is 2.65. The monoisotopic (exact) mass is 360 g/mol. The summed E-state index contributed by atoms with van der Waals surface area (Å²) in [7, 11) is 0. The molecule has 4 nitrogen and oxygen atoms in total. The molecule has 0 aliphatic carbocycles. The number of rotatable bonds is 20. The van der Waals surface area contributed by atoms with E-state index in [-0.39, 0.29) is 26.4 Å². The topological polar surface area (TPSA) is 69.9 Å². The first kappa shape index (κ1) is 24.8. The van der Waals surface area contributed by atoms with Gasteiger partial charge in [-0.05, 0) is 6.42 Å². The van der Waals surface area contributed by atoms with Gasteiger partial charge in [-0.25, -0.2) is 0 Å².